The second kappa shape index (κ2) is 10.4. The summed E-state index contributed by atoms with van der Waals surface area (Å²) in [7, 11) is 0. The lowest BCUT2D eigenvalue weighted by Crippen LogP contribution is -2.37. The van der Waals surface area contributed by atoms with Crippen LogP contribution in [0.2, 0.25) is 0 Å². The number of aryl methyl sites for hydroxylation is 1. The highest BCUT2D eigenvalue weighted by Gasteiger charge is 2.26. The van der Waals surface area contributed by atoms with Crippen LogP contribution in [0.25, 0.3) is 0 Å². The van der Waals surface area contributed by atoms with E-state index in [9.17, 15) is 4.79 Å². The van der Waals surface area contributed by atoms with Crippen molar-refractivity contribution in [3.05, 3.63) is 40.3 Å². The molecule has 1 amide bonds. The van der Waals surface area contributed by atoms with Gasteiger partial charge in [0, 0.05) is 24.4 Å². The molecule has 2 aliphatic rings. The number of ether oxygens (including phenoxy) is 2. The van der Waals surface area contributed by atoms with Gasteiger partial charge in [-0.1, -0.05) is 12.1 Å². The van der Waals surface area contributed by atoms with E-state index in [0.717, 1.165) is 74.1 Å². The van der Waals surface area contributed by atoms with Gasteiger partial charge in [-0.3, -0.25) is 9.69 Å². The highest BCUT2D eigenvalue weighted by molar-refractivity contribution is 7.09. The molecule has 2 saturated heterocycles. The fourth-order valence-corrected chi connectivity index (χ4v) is 4.72. The fourth-order valence-electron chi connectivity index (χ4n) is 4.12. The van der Waals surface area contributed by atoms with Crippen LogP contribution in [0, 0.1) is 12.8 Å². The first-order valence-electron chi connectivity index (χ1n) is 10.9. The molecule has 4 rings (SSSR count). The Morgan fingerprint density at radius 3 is 2.83 bits per heavy atom. The first kappa shape index (κ1) is 21.3. The Bertz CT molecular complexity index is 827. The zero-order chi connectivity index (χ0) is 20.8. The van der Waals surface area contributed by atoms with Gasteiger partial charge in [-0.2, -0.15) is 0 Å². The number of carbonyl (C=O) groups is 1. The van der Waals surface area contributed by atoms with Crippen LogP contribution >= 0.6 is 11.3 Å². The Hall–Kier alpha value is -1.96. The lowest BCUT2D eigenvalue weighted by Gasteiger charge is -2.30. The van der Waals surface area contributed by atoms with Crippen LogP contribution in [0.15, 0.2) is 29.6 Å². The van der Waals surface area contributed by atoms with E-state index in [4.69, 9.17) is 9.47 Å². The summed E-state index contributed by atoms with van der Waals surface area (Å²) in [4.78, 5) is 19.8. The third-order valence-corrected chi connectivity index (χ3v) is 6.68. The van der Waals surface area contributed by atoms with E-state index in [1.165, 1.54) is 6.42 Å². The topological polar surface area (TPSA) is 63.7 Å². The Balaban J connectivity index is 1.26. The quantitative estimate of drug-likeness (QED) is 0.713. The molecule has 7 heteroatoms. The second-order valence-corrected chi connectivity index (χ2v) is 9.26. The number of thiazole rings is 1. The zero-order valence-corrected chi connectivity index (χ0v) is 18.5. The minimum absolute atomic E-state index is 0.0353. The normalized spacial score (nSPS) is 20.8. The van der Waals surface area contributed by atoms with Gasteiger partial charge in [0.2, 0.25) is 5.91 Å². The molecule has 30 heavy (non-hydrogen) atoms. The number of nitrogens with one attached hydrogen (secondary N) is 1. The summed E-state index contributed by atoms with van der Waals surface area (Å²) in [6, 6.07) is 7.69. The van der Waals surface area contributed by atoms with Crippen molar-refractivity contribution in [2.75, 3.05) is 31.6 Å². The van der Waals surface area contributed by atoms with Crippen molar-refractivity contribution in [1.82, 2.24) is 9.88 Å². The fraction of sp³-hybridized carbons (Fsp3) is 0.565. The first-order valence-corrected chi connectivity index (χ1v) is 11.8. The van der Waals surface area contributed by atoms with Gasteiger partial charge >= 0.3 is 0 Å². The van der Waals surface area contributed by atoms with Gasteiger partial charge in [-0.15, -0.1) is 11.3 Å². The SMILES string of the molecule is Cc1nc(CN2CCC(C(=O)Nc3ccccc3OCC3CCCCO3)CC2)cs1. The standard InChI is InChI=1S/C23H31N3O3S/c1-17-24-19(16-30-17)14-26-11-9-18(10-12-26)23(27)25-21-7-2-3-8-22(21)29-15-20-6-4-5-13-28-20/h2-3,7-8,16,18,20H,4-6,9-15H2,1H3,(H,25,27). The Morgan fingerprint density at radius 1 is 1.27 bits per heavy atom. The van der Waals surface area contributed by atoms with Crippen molar-refractivity contribution >= 4 is 22.9 Å². The van der Waals surface area contributed by atoms with Gasteiger partial charge in [0.25, 0.3) is 0 Å². The number of hydrogen-bond donors (Lipinski definition) is 1. The van der Waals surface area contributed by atoms with Crippen LogP contribution < -0.4 is 10.1 Å². The molecule has 3 heterocycles. The maximum atomic E-state index is 12.9. The average molecular weight is 430 g/mol. The number of piperidine rings is 1. The van der Waals surface area contributed by atoms with Gasteiger partial charge in [0.1, 0.15) is 12.4 Å². The maximum absolute atomic E-state index is 12.9. The molecule has 0 bridgehead atoms. The molecule has 1 unspecified atom stereocenters. The molecule has 162 valence electrons. The molecule has 2 aliphatic heterocycles. The molecule has 2 fully saturated rings. The lowest BCUT2D eigenvalue weighted by atomic mass is 9.95. The van der Waals surface area contributed by atoms with Crippen LogP contribution in [0.5, 0.6) is 5.75 Å². The number of likely N-dealkylation sites (tertiary alicyclic amines) is 1. The van der Waals surface area contributed by atoms with E-state index in [1.54, 1.807) is 11.3 Å². The monoisotopic (exact) mass is 429 g/mol. The summed E-state index contributed by atoms with van der Waals surface area (Å²) in [6.07, 6.45) is 5.24. The zero-order valence-electron chi connectivity index (χ0n) is 17.6. The van der Waals surface area contributed by atoms with Gasteiger partial charge in [-0.05, 0) is 64.3 Å². The molecule has 1 N–H and O–H groups in total. The Kier molecular flexibility index (Phi) is 7.36. The predicted octanol–water partition coefficient (Wildman–Crippen LogP) is 4.25. The van der Waals surface area contributed by atoms with Crippen molar-refractivity contribution < 1.29 is 14.3 Å². The summed E-state index contributed by atoms with van der Waals surface area (Å²) in [5, 5.41) is 6.34. The third kappa shape index (κ3) is 5.80. The number of hydrogen-bond acceptors (Lipinski definition) is 6. The average Bonchev–Trinajstić information content (AvgIpc) is 3.19. The van der Waals surface area contributed by atoms with Crippen LogP contribution in [0.3, 0.4) is 0 Å². The molecule has 0 saturated carbocycles. The molecule has 1 atom stereocenters. The summed E-state index contributed by atoms with van der Waals surface area (Å²) in [5.41, 5.74) is 1.88. The highest BCUT2D eigenvalue weighted by Crippen LogP contribution is 2.27. The van der Waals surface area contributed by atoms with Crippen molar-refractivity contribution in [2.24, 2.45) is 5.92 Å². The Morgan fingerprint density at radius 2 is 2.10 bits per heavy atom. The third-order valence-electron chi connectivity index (χ3n) is 5.85. The molecule has 0 spiro atoms. The number of aromatic nitrogens is 1. The molecule has 1 aromatic carbocycles. The minimum Gasteiger partial charge on any atom is -0.489 e. The van der Waals surface area contributed by atoms with E-state index < -0.39 is 0 Å². The molecule has 6 nitrogen and oxygen atoms in total. The van der Waals surface area contributed by atoms with Gasteiger partial charge in [0.15, 0.2) is 0 Å². The number of para-hydroxylation sites is 2. The Labute approximate surface area is 182 Å². The van der Waals surface area contributed by atoms with Crippen LogP contribution in [0.1, 0.15) is 42.8 Å². The van der Waals surface area contributed by atoms with Gasteiger partial charge in [-0.25, -0.2) is 4.98 Å². The van der Waals surface area contributed by atoms with Crippen LogP contribution in [-0.2, 0) is 16.1 Å². The minimum atomic E-state index is 0.0353. The van der Waals surface area contributed by atoms with Crippen molar-refractivity contribution in [3.8, 4) is 5.75 Å². The van der Waals surface area contributed by atoms with E-state index in [2.05, 4.69) is 20.6 Å². The van der Waals surface area contributed by atoms with Gasteiger partial charge in [0.05, 0.1) is 22.5 Å². The van der Waals surface area contributed by atoms with E-state index in [1.807, 2.05) is 31.2 Å². The summed E-state index contributed by atoms with van der Waals surface area (Å²) in [6.45, 7) is 6.10. The molecular formula is C23H31N3O3S. The molecular weight excluding hydrogens is 398 g/mol. The lowest BCUT2D eigenvalue weighted by molar-refractivity contribution is -0.121. The number of nitrogens with zero attached hydrogens (tertiary/aromatic N) is 2. The summed E-state index contributed by atoms with van der Waals surface area (Å²) >= 11 is 1.69. The molecule has 0 aliphatic carbocycles. The number of benzene rings is 1. The number of anilines is 1. The number of amides is 1. The van der Waals surface area contributed by atoms with Crippen LogP contribution in [0.4, 0.5) is 5.69 Å². The number of rotatable bonds is 7. The van der Waals surface area contributed by atoms with E-state index in [0.29, 0.717) is 6.61 Å². The van der Waals surface area contributed by atoms with E-state index >= 15 is 0 Å². The molecule has 0 radical (unpaired) electrons. The van der Waals surface area contributed by atoms with Crippen molar-refractivity contribution in [1.29, 1.82) is 0 Å². The number of carbonyl (C=O) groups excluding carboxylic acids is 1. The molecule has 2 aromatic rings. The first-order chi connectivity index (χ1) is 14.7. The van der Waals surface area contributed by atoms with Crippen LogP contribution in [-0.4, -0.2) is 48.2 Å². The van der Waals surface area contributed by atoms with Crippen molar-refractivity contribution in [2.45, 2.75) is 51.7 Å². The summed E-state index contributed by atoms with van der Waals surface area (Å²) < 4.78 is 11.7. The van der Waals surface area contributed by atoms with Crippen molar-refractivity contribution in [3.63, 3.8) is 0 Å². The molecule has 1 aromatic heterocycles. The van der Waals surface area contributed by atoms with Gasteiger partial charge < -0.3 is 14.8 Å². The largest absolute Gasteiger partial charge is 0.489 e. The summed E-state index contributed by atoms with van der Waals surface area (Å²) in [5.74, 6) is 0.841. The highest BCUT2D eigenvalue weighted by atomic mass is 32.1. The van der Waals surface area contributed by atoms with E-state index in [-0.39, 0.29) is 17.9 Å². The predicted molar refractivity (Wildman–Crippen MR) is 119 cm³/mol. The smallest absolute Gasteiger partial charge is 0.227 e. The maximum Gasteiger partial charge on any atom is 0.227 e. The second-order valence-electron chi connectivity index (χ2n) is 8.19.